The average Bonchev–Trinajstić information content (AvgIpc) is 2.94. The van der Waals surface area contributed by atoms with E-state index in [0.29, 0.717) is 5.56 Å². The molecule has 1 N–H and O–H groups in total. The van der Waals surface area contributed by atoms with Gasteiger partial charge < -0.3 is 5.32 Å². The SMILES string of the molecule is N#Cc1cc2c(nc1NCCC1CCCCC1)CCC2. The van der Waals surface area contributed by atoms with Crippen LogP contribution in [0.1, 0.15) is 61.8 Å². The summed E-state index contributed by atoms with van der Waals surface area (Å²) >= 11 is 0. The first-order valence-corrected chi connectivity index (χ1v) is 8.03. The Labute approximate surface area is 121 Å². The number of fused-ring (bicyclic) bond motifs is 1. The lowest BCUT2D eigenvalue weighted by atomic mass is 9.87. The van der Waals surface area contributed by atoms with Crippen molar-refractivity contribution < 1.29 is 0 Å². The van der Waals surface area contributed by atoms with E-state index in [2.05, 4.69) is 16.4 Å². The summed E-state index contributed by atoms with van der Waals surface area (Å²) in [4.78, 5) is 4.67. The van der Waals surface area contributed by atoms with Crippen LogP contribution in [0, 0.1) is 17.2 Å². The minimum atomic E-state index is 0.717. The zero-order valence-corrected chi connectivity index (χ0v) is 12.1. The fourth-order valence-electron chi connectivity index (χ4n) is 3.56. The zero-order chi connectivity index (χ0) is 13.8. The van der Waals surface area contributed by atoms with Crippen LogP contribution in [-0.4, -0.2) is 11.5 Å². The van der Waals surface area contributed by atoms with Crippen LogP contribution >= 0.6 is 0 Å². The number of rotatable bonds is 4. The van der Waals surface area contributed by atoms with E-state index in [4.69, 9.17) is 0 Å². The highest BCUT2D eigenvalue weighted by atomic mass is 15.0. The van der Waals surface area contributed by atoms with E-state index in [9.17, 15) is 5.26 Å². The summed E-state index contributed by atoms with van der Waals surface area (Å²) in [7, 11) is 0. The second kappa shape index (κ2) is 6.26. The van der Waals surface area contributed by atoms with E-state index in [1.54, 1.807) is 0 Å². The van der Waals surface area contributed by atoms with Gasteiger partial charge in [-0.15, -0.1) is 0 Å². The summed E-state index contributed by atoms with van der Waals surface area (Å²) in [5, 5.41) is 12.7. The number of pyridine rings is 1. The molecule has 20 heavy (non-hydrogen) atoms. The van der Waals surface area contributed by atoms with E-state index in [1.807, 2.05) is 6.07 Å². The highest BCUT2D eigenvalue weighted by Gasteiger charge is 2.17. The molecule has 0 amide bonds. The van der Waals surface area contributed by atoms with Gasteiger partial charge in [0.05, 0.1) is 5.56 Å². The van der Waals surface area contributed by atoms with Crippen LogP contribution in [-0.2, 0) is 12.8 Å². The number of aryl methyl sites for hydroxylation is 2. The van der Waals surface area contributed by atoms with Gasteiger partial charge >= 0.3 is 0 Å². The molecule has 3 nitrogen and oxygen atoms in total. The maximum Gasteiger partial charge on any atom is 0.144 e. The molecular weight excluding hydrogens is 246 g/mol. The fourth-order valence-corrected chi connectivity index (χ4v) is 3.56. The van der Waals surface area contributed by atoms with Gasteiger partial charge in [-0.05, 0) is 43.2 Å². The molecule has 0 unspecified atom stereocenters. The summed E-state index contributed by atoms with van der Waals surface area (Å²) < 4.78 is 0. The van der Waals surface area contributed by atoms with E-state index in [1.165, 1.54) is 56.2 Å². The van der Waals surface area contributed by atoms with E-state index in [-0.39, 0.29) is 0 Å². The van der Waals surface area contributed by atoms with Crippen molar-refractivity contribution in [3.63, 3.8) is 0 Å². The van der Waals surface area contributed by atoms with Crippen LogP contribution in [0.4, 0.5) is 5.82 Å². The quantitative estimate of drug-likeness (QED) is 0.903. The van der Waals surface area contributed by atoms with Crippen molar-refractivity contribution in [1.82, 2.24) is 4.98 Å². The molecule has 1 saturated carbocycles. The average molecular weight is 269 g/mol. The molecular formula is C17H23N3. The molecule has 0 spiro atoms. The molecule has 3 rings (SSSR count). The Kier molecular flexibility index (Phi) is 4.20. The molecule has 1 fully saturated rings. The second-order valence-corrected chi connectivity index (χ2v) is 6.18. The summed E-state index contributed by atoms with van der Waals surface area (Å²) in [6, 6.07) is 4.33. The fraction of sp³-hybridized carbons (Fsp3) is 0.647. The topological polar surface area (TPSA) is 48.7 Å². The van der Waals surface area contributed by atoms with Gasteiger partial charge in [0.15, 0.2) is 0 Å². The Morgan fingerprint density at radius 1 is 1.20 bits per heavy atom. The summed E-state index contributed by atoms with van der Waals surface area (Å²) in [5.74, 6) is 1.68. The van der Waals surface area contributed by atoms with Crippen molar-refractivity contribution >= 4 is 5.82 Å². The van der Waals surface area contributed by atoms with Crippen LogP contribution in [0.3, 0.4) is 0 Å². The Morgan fingerprint density at radius 2 is 2.05 bits per heavy atom. The predicted molar refractivity (Wildman–Crippen MR) is 80.7 cm³/mol. The Bertz CT molecular complexity index is 510. The Morgan fingerprint density at radius 3 is 2.85 bits per heavy atom. The molecule has 1 aromatic rings. The van der Waals surface area contributed by atoms with Gasteiger partial charge in [0.1, 0.15) is 11.9 Å². The first kappa shape index (κ1) is 13.4. The molecule has 0 radical (unpaired) electrons. The molecule has 0 bridgehead atoms. The zero-order valence-electron chi connectivity index (χ0n) is 12.1. The maximum atomic E-state index is 9.27. The van der Waals surface area contributed by atoms with Gasteiger partial charge in [-0.25, -0.2) is 4.98 Å². The van der Waals surface area contributed by atoms with E-state index >= 15 is 0 Å². The molecule has 106 valence electrons. The molecule has 0 atom stereocenters. The van der Waals surface area contributed by atoms with E-state index < -0.39 is 0 Å². The number of nitrogens with zero attached hydrogens (tertiary/aromatic N) is 2. The third-order valence-corrected chi connectivity index (χ3v) is 4.74. The molecule has 0 aliphatic heterocycles. The lowest BCUT2D eigenvalue weighted by molar-refractivity contribution is 0.345. The van der Waals surface area contributed by atoms with Gasteiger partial charge in [0.25, 0.3) is 0 Å². The molecule has 3 heteroatoms. The predicted octanol–water partition coefficient (Wildman–Crippen LogP) is 3.82. The molecule has 2 aliphatic carbocycles. The third-order valence-electron chi connectivity index (χ3n) is 4.74. The van der Waals surface area contributed by atoms with Crippen molar-refractivity contribution in [1.29, 1.82) is 5.26 Å². The molecule has 0 aromatic carbocycles. The third kappa shape index (κ3) is 2.95. The first-order valence-electron chi connectivity index (χ1n) is 8.03. The molecule has 1 aromatic heterocycles. The largest absolute Gasteiger partial charge is 0.369 e. The van der Waals surface area contributed by atoms with Gasteiger partial charge in [-0.3, -0.25) is 0 Å². The van der Waals surface area contributed by atoms with Crippen LogP contribution in [0.5, 0.6) is 0 Å². The van der Waals surface area contributed by atoms with Crippen molar-refractivity contribution in [3.8, 4) is 6.07 Å². The Balaban J connectivity index is 1.60. The van der Waals surface area contributed by atoms with Crippen LogP contribution < -0.4 is 5.32 Å². The minimum Gasteiger partial charge on any atom is -0.369 e. The summed E-state index contributed by atoms with van der Waals surface area (Å²) in [5.41, 5.74) is 3.19. The number of anilines is 1. The first-order chi connectivity index (χ1) is 9.86. The Hall–Kier alpha value is -1.56. The van der Waals surface area contributed by atoms with Crippen LogP contribution in [0.25, 0.3) is 0 Å². The van der Waals surface area contributed by atoms with Crippen molar-refractivity contribution in [2.45, 2.75) is 57.8 Å². The number of nitrogens with one attached hydrogen (secondary N) is 1. The lowest BCUT2D eigenvalue weighted by Gasteiger charge is -2.21. The minimum absolute atomic E-state index is 0.717. The molecule has 1 heterocycles. The van der Waals surface area contributed by atoms with Gasteiger partial charge in [-0.1, -0.05) is 32.1 Å². The second-order valence-electron chi connectivity index (χ2n) is 6.18. The number of aromatic nitrogens is 1. The van der Waals surface area contributed by atoms with Gasteiger partial charge in [-0.2, -0.15) is 5.26 Å². The maximum absolute atomic E-state index is 9.27. The van der Waals surface area contributed by atoms with Crippen LogP contribution in [0.2, 0.25) is 0 Å². The molecule has 2 aliphatic rings. The smallest absolute Gasteiger partial charge is 0.144 e. The van der Waals surface area contributed by atoms with Gasteiger partial charge in [0.2, 0.25) is 0 Å². The number of hydrogen-bond donors (Lipinski definition) is 1. The summed E-state index contributed by atoms with van der Waals surface area (Å²) in [6.07, 6.45) is 11.5. The van der Waals surface area contributed by atoms with Crippen molar-refractivity contribution in [2.75, 3.05) is 11.9 Å². The monoisotopic (exact) mass is 269 g/mol. The summed E-state index contributed by atoms with van der Waals surface area (Å²) in [6.45, 7) is 0.950. The van der Waals surface area contributed by atoms with Crippen LogP contribution in [0.15, 0.2) is 6.07 Å². The normalized spacial score (nSPS) is 18.6. The number of nitriles is 1. The highest BCUT2D eigenvalue weighted by Crippen LogP contribution is 2.27. The van der Waals surface area contributed by atoms with E-state index in [0.717, 1.165) is 31.1 Å². The standard InChI is InChI=1S/C17H23N3/c18-12-15-11-14-7-4-8-16(14)20-17(15)19-10-9-13-5-2-1-3-6-13/h11,13H,1-10H2,(H,19,20). The van der Waals surface area contributed by atoms with Crippen molar-refractivity contribution in [3.05, 3.63) is 22.9 Å². The van der Waals surface area contributed by atoms with Crippen molar-refractivity contribution in [2.24, 2.45) is 5.92 Å². The highest BCUT2D eigenvalue weighted by molar-refractivity contribution is 5.55. The number of hydrogen-bond acceptors (Lipinski definition) is 3. The lowest BCUT2D eigenvalue weighted by Crippen LogP contribution is -2.13. The van der Waals surface area contributed by atoms with Gasteiger partial charge in [0, 0.05) is 12.2 Å². The molecule has 0 saturated heterocycles.